The first-order chi connectivity index (χ1) is 24.0. The Hall–Kier alpha value is -4.74. The summed E-state index contributed by atoms with van der Waals surface area (Å²) in [6.45, 7) is 9.50. The van der Waals surface area contributed by atoms with E-state index in [0.29, 0.717) is 44.9 Å². The third kappa shape index (κ3) is 8.17. The molecule has 4 aromatic rings. The van der Waals surface area contributed by atoms with Gasteiger partial charge >= 0.3 is 17.8 Å². The molecule has 12 nitrogen and oxygen atoms in total. The van der Waals surface area contributed by atoms with Crippen LogP contribution in [0.2, 0.25) is 0 Å². The Labute approximate surface area is 292 Å². The number of alkyl carbamates (subject to hydrolysis) is 1. The molecule has 0 bridgehead atoms. The van der Waals surface area contributed by atoms with Crippen molar-refractivity contribution in [1.29, 1.82) is 0 Å². The summed E-state index contributed by atoms with van der Waals surface area (Å²) in [6.07, 6.45) is 6.71. The molecule has 2 aromatic heterocycles. The van der Waals surface area contributed by atoms with Gasteiger partial charge in [-0.25, -0.2) is 14.4 Å². The van der Waals surface area contributed by atoms with E-state index in [1.807, 2.05) is 87.0 Å². The molecule has 2 aliphatic rings. The molecule has 0 radical (unpaired) electrons. The number of nitrogens with zero attached hydrogens (tertiary/aromatic N) is 2. The molecule has 2 aromatic carbocycles. The highest BCUT2D eigenvalue weighted by atomic mass is 16.6. The standard InChI is InChI=1S/C38H51N7O5/c1-24(29-23-39-30-13-6-5-12-28(29)30)33(34(46)40-21-25-10-9-11-26(20-25)22-41-37(49)50-38(2,3)4)43-35(47)44-18-16-27(17-19-44)45-32-15-8-7-14-31(32)42-36(45)48/h5-8,12-15,23-27,33,39H,9-11,16-22H2,1-4H3,(H,40,46)(H,41,49)(H,42,48)(H,43,47)/t24-,25+,26-,33+/m0/s1. The number of hydrogen-bond donors (Lipinski definition) is 5. The summed E-state index contributed by atoms with van der Waals surface area (Å²) in [7, 11) is 0. The minimum atomic E-state index is -0.802. The number of urea groups is 1. The van der Waals surface area contributed by atoms with Crippen molar-refractivity contribution in [3.8, 4) is 0 Å². The number of carbonyl (C=O) groups is 3. The summed E-state index contributed by atoms with van der Waals surface area (Å²) in [5.41, 5.74) is 2.93. The molecule has 1 aliphatic heterocycles. The second kappa shape index (κ2) is 15.0. The van der Waals surface area contributed by atoms with Crippen LogP contribution in [0.3, 0.4) is 0 Å². The molecule has 1 aliphatic carbocycles. The van der Waals surface area contributed by atoms with Crippen molar-refractivity contribution < 1.29 is 19.1 Å². The Bertz CT molecular complexity index is 1860. The third-order valence-corrected chi connectivity index (χ3v) is 10.3. The molecule has 3 heterocycles. The van der Waals surface area contributed by atoms with Gasteiger partial charge in [0.05, 0.1) is 11.0 Å². The zero-order chi connectivity index (χ0) is 35.4. The van der Waals surface area contributed by atoms with Crippen LogP contribution in [0.4, 0.5) is 9.59 Å². The van der Waals surface area contributed by atoms with Crippen molar-refractivity contribution in [3.63, 3.8) is 0 Å². The van der Waals surface area contributed by atoms with Gasteiger partial charge in [0.1, 0.15) is 11.6 Å². The van der Waals surface area contributed by atoms with Gasteiger partial charge in [0.15, 0.2) is 0 Å². The van der Waals surface area contributed by atoms with E-state index in [9.17, 15) is 19.2 Å². The molecule has 12 heteroatoms. The smallest absolute Gasteiger partial charge is 0.407 e. The molecule has 4 amide bonds. The van der Waals surface area contributed by atoms with Gasteiger partial charge in [0.25, 0.3) is 0 Å². The second-order valence-electron chi connectivity index (χ2n) is 15.1. The van der Waals surface area contributed by atoms with E-state index in [1.165, 1.54) is 0 Å². The molecule has 268 valence electrons. The Morgan fingerprint density at radius 1 is 0.920 bits per heavy atom. The lowest BCUT2D eigenvalue weighted by molar-refractivity contribution is -0.123. The molecule has 4 atom stereocenters. The average molecular weight is 686 g/mol. The van der Waals surface area contributed by atoms with E-state index in [2.05, 4.69) is 25.9 Å². The van der Waals surface area contributed by atoms with Crippen LogP contribution in [0.25, 0.3) is 21.9 Å². The highest BCUT2D eigenvalue weighted by Crippen LogP contribution is 2.31. The SMILES string of the molecule is C[C@@H](c1c[nH]c2ccccc12)[C@@H](NC(=O)N1CCC(n2c(=O)[nH]c3ccccc32)CC1)C(=O)NC[C@@H]1CCC[C@H](CNC(=O)OC(C)(C)C)C1. The number of fused-ring (bicyclic) bond motifs is 2. The molecule has 2 fully saturated rings. The molecule has 0 spiro atoms. The zero-order valence-electron chi connectivity index (χ0n) is 29.6. The fourth-order valence-corrected chi connectivity index (χ4v) is 7.73. The zero-order valence-corrected chi connectivity index (χ0v) is 29.6. The van der Waals surface area contributed by atoms with Crippen LogP contribution in [0.5, 0.6) is 0 Å². The maximum absolute atomic E-state index is 14.0. The first-order valence-electron chi connectivity index (χ1n) is 18.0. The van der Waals surface area contributed by atoms with E-state index in [1.54, 1.807) is 4.90 Å². The maximum atomic E-state index is 14.0. The summed E-state index contributed by atoms with van der Waals surface area (Å²) in [5, 5.41) is 10.2. The number of benzene rings is 2. The van der Waals surface area contributed by atoms with Crippen molar-refractivity contribution in [2.45, 2.75) is 89.8 Å². The molecule has 1 saturated carbocycles. The quantitative estimate of drug-likeness (QED) is 0.151. The number of aromatic nitrogens is 3. The lowest BCUT2D eigenvalue weighted by atomic mass is 9.81. The Morgan fingerprint density at radius 3 is 2.30 bits per heavy atom. The van der Waals surface area contributed by atoms with Crippen LogP contribution < -0.4 is 21.6 Å². The van der Waals surface area contributed by atoms with E-state index in [0.717, 1.165) is 53.2 Å². The van der Waals surface area contributed by atoms with Gasteiger partial charge in [-0.1, -0.05) is 43.7 Å². The molecular weight excluding hydrogens is 634 g/mol. The highest BCUT2D eigenvalue weighted by molar-refractivity contribution is 5.90. The summed E-state index contributed by atoms with van der Waals surface area (Å²) in [4.78, 5) is 60.8. The molecule has 0 unspecified atom stereocenters. The minimum Gasteiger partial charge on any atom is -0.444 e. The predicted octanol–water partition coefficient (Wildman–Crippen LogP) is 5.78. The van der Waals surface area contributed by atoms with Crippen molar-refractivity contribution in [2.24, 2.45) is 11.8 Å². The summed E-state index contributed by atoms with van der Waals surface area (Å²) < 4.78 is 7.21. The normalized spacial score (nSPS) is 20.0. The number of para-hydroxylation sites is 3. The van der Waals surface area contributed by atoms with Gasteiger partial charge in [-0.15, -0.1) is 0 Å². The number of carbonyl (C=O) groups excluding carboxylic acids is 3. The van der Waals surface area contributed by atoms with Crippen molar-refractivity contribution in [1.82, 2.24) is 35.4 Å². The van der Waals surface area contributed by atoms with E-state index in [-0.39, 0.29) is 35.5 Å². The van der Waals surface area contributed by atoms with Gasteiger partial charge in [0, 0.05) is 55.2 Å². The number of piperidine rings is 1. The second-order valence-corrected chi connectivity index (χ2v) is 15.1. The van der Waals surface area contributed by atoms with Gasteiger partial charge < -0.3 is 35.6 Å². The summed E-state index contributed by atoms with van der Waals surface area (Å²) >= 11 is 0. The lowest BCUT2D eigenvalue weighted by Crippen LogP contribution is -2.55. The van der Waals surface area contributed by atoms with Crippen molar-refractivity contribution >= 4 is 40.0 Å². The molecule has 50 heavy (non-hydrogen) atoms. The predicted molar refractivity (Wildman–Crippen MR) is 194 cm³/mol. The number of imidazole rings is 1. The first-order valence-corrected chi connectivity index (χ1v) is 18.0. The summed E-state index contributed by atoms with van der Waals surface area (Å²) in [5.74, 6) is 0.0478. The summed E-state index contributed by atoms with van der Waals surface area (Å²) in [6, 6.07) is 14.5. The van der Waals surface area contributed by atoms with Crippen LogP contribution >= 0.6 is 0 Å². The van der Waals surface area contributed by atoms with Gasteiger partial charge in [-0.2, -0.15) is 0 Å². The largest absolute Gasteiger partial charge is 0.444 e. The molecule has 6 rings (SSSR count). The number of nitrogens with one attached hydrogen (secondary N) is 5. The number of hydrogen-bond acceptors (Lipinski definition) is 5. The van der Waals surface area contributed by atoms with Crippen molar-refractivity contribution in [3.05, 3.63) is 70.8 Å². The monoisotopic (exact) mass is 685 g/mol. The van der Waals surface area contributed by atoms with E-state index >= 15 is 0 Å². The molecular formula is C38H51N7O5. The fraction of sp³-hybridized carbons (Fsp3) is 0.526. The van der Waals surface area contributed by atoms with Crippen molar-refractivity contribution in [2.75, 3.05) is 26.2 Å². The van der Waals surface area contributed by atoms with Gasteiger partial charge in [-0.3, -0.25) is 9.36 Å². The van der Waals surface area contributed by atoms with E-state index < -0.39 is 17.7 Å². The van der Waals surface area contributed by atoms with Gasteiger partial charge in [0.2, 0.25) is 5.91 Å². The first kappa shape index (κ1) is 35.1. The Balaban J connectivity index is 1.10. The number of likely N-dealkylation sites (tertiary alicyclic amines) is 1. The van der Waals surface area contributed by atoms with Crippen LogP contribution in [0.1, 0.15) is 83.7 Å². The number of ether oxygens (including phenoxy) is 1. The lowest BCUT2D eigenvalue weighted by Gasteiger charge is -2.35. The van der Waals surface area contributed by atoms with Crippen LogP contribution in [0.15, 0.2) is 59.5 Å². The number of rotatable bonds is 9. The van der Waals surface area contributed by atoms with Gasteiger partial charge in [-0.05, 0) is 88.5 Å². The topological polar surface area (TPSA) is 153 Å². The average Bonchev–Trinajstić information content (AvgIpc) is 3.68. The molecule has 5 N–H and O–H groups in total. The van der Waals surface area contributed by atoms with E-state index in [4.69, 9.17) is 4.74 Å². The minimum absolute atomic E-state index is 0.0226. The Morgan fingerprint density at radius 2 is 1.58 bits per heavy atom. The maximum Gasteiger partial charge on any atom is 0.407 e. The number of H-pyrrole nitrogens is 2. The molecule has 1 saturated heterocycles. The fourth-order valence-electron chi connectivity index (χ4n) is 7.73. The number of amides is 4. The number of aromatic amines is 2. The highest BCUT2D eigenvalue weighted by Gasteiger charge is 2.34. The van der Waals surface area contributed by atoms with Crippen LogP contribution in [-0.2, 0) is 9.53 Å². The Kier molecular flexibility index (Phi) is 10.5. The third-order valence-electron chi connectivity index (χ3n) is 10.3. The van der Waals surface area contributed by atoms with Crippen LogP contribution in [0, 0.1) is 11.8 Å². The van der Waals surface area contributed by atoms with Crippen LogP contribution in [-0.4, -0.2) is 75.3 Å².